The summed E-state index contributed by atoms with van der Waals surface area (Å²) in [6.07, 6.45) is 2.44. The number of Topliss-reactive ketones (excluding diaryl/α,β-unsaturated/α-hetero) is 1. The average Bonchev–Trinajstić information content (AvgIpc) is 3.13. The van der Waals surface area contributed by atoms with Crippen molar-refractivity contribution in [2.45, 2.75) is 32.2 Å². The molecule has 0 radical (unpaired) electrons. The molecule has 3 aromatic carbocycles. The van der Waals surface area contributed by atoms with Crippen LogP contribution >= 0.6 is 0 Å². The molecule has 0 spiro atoms. The van der Waals surface area contributed by atoms with E-state index in [1.807, 2.05) is 30.3 Å². The molecule has 1 amide bonds. The third kappa shape index (κ3) is 5.38. The molecule has 6 nitrogen and oxygen atoms in total. The molecule has 0 saturated carbocycles. The van der Waals surface area contributed by atoms with Gasteiger partial charge in [-0.05, 0) is 48.2 Å². The monoisotopic (exact) mass is 471 g/mol. The first-order chi connectivity index (χ1) is 17.0. The third-order valence-electron chi connectivity index (χ3n) is 6.08. The quantitative estimate of drug-likeness (QED) is 0.193. The number of carbonyl (C=O) groups excluding carboxylic acids is 2. The summed E-state index contributed by atoms with van der Waals surface area (Å²) in [4.78, 5) is 27.8. The molecule has 1 aliphatic heterocycles. The number of aliphatic hydroxyl groups is 1. The molecule has 4 rings (SSSR count). The predicted molar refractivity (Wildman–Crippen MR) is 134 cm³/mol. The van der Waals surface area contributed by atoms with Gasteiger partial charge in [-0.25, -0.2) is 0 Å². The minimum atomic E-state index is -0.824. The second kappa shape index (κ2) is 10.9. The Hall–Kier alpha value is -4.06. The van der Waals surface area contributed by atoms with Crippen LogP contribution < -0.4 is 4.74 Å². The lowest BCUT2D eigenvalue weighted by molar-refractivity contribution is -0.139. The Morgan fingerprint density at radius 3 is 2.49 bits per heavy atom. The van der Waals surface area contributed by atoms with E-state index >= 15 is 0 Å². The number of likely N-dealkylation sites (tertiary alicyclic amines) is 1. The van der Waals surface area contributed by atoms with E-state index in [9.17, 15) is 19.8 Å². The molecule has 2 N–H and O–H groups in total. The van der Waals surface area contributed by atoms with Gasteiger partial charge in [-0.1, -0.05) is 67.9 Å². The van der Waals surface area contributed by atoms with Crippen LogP contribution in [0.5, 0.6) is 11.5 Å². The highest BCUT2D eigenvalue weighted by molar-refractivity contribution is 6.46. The van der Waals surface area contributed by atoms with E-state index in [4.69, 9.17) is 4.74 Å². The van der Waals surface area contributed by atoms with Crippen LogP contribution in [-0.4, -0.2) is 40.0 Å². The molecule has 180 valence electrons. The smallest absolute Gasteiger partial charge is 0.295 e. The standard InChI is InChI=1S/C29H29NO5/c1-2-3-17-35-24-14-8-12-22(19-24)27(32)25-26(21-11-7-13-23(31)18-21)30(29(34)28(25)33)16-15-20-9-5-4-6-10-20/h4-14,18-19,26,31-32H,2-3,15-17H2,1H3. The predicted octanol–water partition coefficient (Wildman–Crippen LogP) is 5.24. The van der Waals surface area contributed by atoms with Gasteiger partial charge < -0.3 is 19.8 Å². The molecule has 1 aliphatic rings. The number of aliphatic hydroxyl groups excluding tert-OH is 1. The van der Waals surface area contributed by atoms with E-state index in [1.54, 1.807) is 36.4 Å². The summed E-state index contributed by atoms with van der Waals surface area (Å²) in [6, 6.07) is 22.2. The zero-order valence-electron chi connectivity index (χ0n) is 19.7. The molecule has 0 aliphatic carbocycles. The van der Waals surface area contributed by atoms with Gasteiger partial charge in [0, 0.05) is 12.1 Å². The number of ether oxygens (including phenoxy) is 1. The number of hydrogen-bond acceptors (Lipinski definition) is 5. The van der Waals surface area contributed by atoms with Crippen LogP contribution in [0.25, 0.3) is 5.76 Å². The number of amides is 1. The Bertz CT molecular complexity index is 1230. The highest BCUT2D eigenvalue weighted by atomic mass is 16.5. The molecule has 1 atom stereocenters. The number of ketones is 1. The molecular formula is C29H29NO5. The lowest BCUT2D eigenvalue weighted by Gasteiger charge is -2.25. The fourth-order valence-electron chi connectivity index (χ4n) is 4.27. The van der Waals surface area contributed by atoms with Gasteiger partial charge in [0.15, 0.2) is 0 Å². The third-order valence-corrected chi connectivity index (χ3v) is 6.08. The number of aromatic hydroxyl groups is 1. The Morgan fingerprint density at radius 2 is 1.74 bits per heavy atom. The molecule has 1 saturated heterocycles. The minimum Gasteiger partial charge on any atom is -0.508 e. The second-order valence-electron chi connectivity index (χ2n) is 8.55. The van der Waals surface area contributed by atoms with Crippen LogP contribution in [0.3, 0.4) is 0 Å². The second-order valence-corrected chi connectivity index (χ2v) is 8.55. The number of nitrogens with zero attached hydrogens (tertiary/aromatic N) is 1. The van der Waals surface area contributed by atoms with Gasteiger partial charge in [0.2, 0.25) is 0 Å². The first-order valence-electron chi connectivity index (χ1n) is 11.8. The maximum atomic E-state index is 13.2. The van der Waals surface area contributed by atoms with Crippen molar-refractivity contribution in [1.29, 1.82) is 0 Å². The van der Waals surface area contributed by atoms with E-state index in [1.165, 1.54) is 17.0 Å². The lowest BCUT2D eigenvalue weighted by atomic mass is 9.95. The Kier molecular flexibility index (Phi) is 7.51. The van der Waals surface area contributed by atoms with Gasteiger partial charge in [-0.15, -0.1) is 0 Å². The summed E-state index contributed by atoms with van der Waals surface area (Å²) in [7, 11) is 0. The van der Waals surface area contributed by atoms with Crippen molar-refractivity contribution in [3.63, 3.8) is 0 Å². The summed E-state index contributed by atoms with van der Waals surface area (Å²) in [5, 5.41) is 21.4. The Labute approximate surface area is 205 Å². The number of phenols is 1. The first kappa shape index (κ1) is 24.1. The first-order valence-corrected chi connectivity index (χ1v) is 11.8. The zero-order chi connectivity index (χ0) is 24.8. The highest BCUT2D eigenvalue weighted by Crippen LogP contribution is 2.40. The molecule has 1 heterocycles. The Balaban J connectivity index is 1.74. The van der Waals surface area contributed by atoms with Crippen molar-refractivity contribution in [3.05, 3.63) is 101 Å². The molecule has 35 heavy (non-hydrogen) atoms. The van der Waals surface area contributed by atoms with Crippen LogP contribution in [0.2, 0.25) is 0 Å². The number of phenolic OH excluding ortho intramolecular Hbond substituents is 1. The topological polar surface area (TPSA) is 87.1 Å². The fraction of sp³-hybridized carbons (Fsp3) is 0.241. The number of carbonyl (C=O) groups is 2. The van der Waals surface area contributed by atoms with Crippen LogP contribution in [-0.2, 0) is 16.0 Å². The van der Waals surface area contributed by atoms with Crippen molar-refractivity contribution >= 4 is 17.4 Å². The minimum absolute atomic E-state index is 0.000583. The lowest BCUT2D eigenvalue weighted by Crippen LogP contribution is -2.31. The largest absolute Gasteiger partial charge is 0.508 e. The van der Waals surface area contributed by atoms with Crippen LogP contribution in [0.1, 0.15) is 42.5 Å². The molecule has 1 fully saturated rings. The average molecular weight is 472 g/mol. The molecule has 6 heteroatoms. The van der Waals surface area contributed by atoms with Gasteiger partial charge in [0.1, 0.15) is 17.3 Å². The maximum Gasteiger partial charge on any atom is 0.295 e. The summed E-state index contributed by atoms with van der Waals surface area (Å²) < 4.78 is 5.75. The van der Waals surface area contributed by atoms with E-state index in [0.717, 1.165) is 18.4 Å². The van der Waals surface area contributed by atoms with Crippen molar-refractivity contribution in [1.82, 2.24) is 4.90 Å². The maximum absolute atomic E-state index is 13.2. The van der Waals surface area contributed by atoms with Crippen molar-refractivity contribution in [3.8, 4) is 11.5 Å². The van der Waals surface area contributed by atoms with E-state index in [-0.39, 0.29) is 23.6 Å². The summed E-state index contributed by atoms with van der Waals surface area (Å²) in [5.41, 5.74) is 1.97. The molecule has 3 aromatic rings. The van der Waals surface area contributed by atoms with E-state index in [0.29, 0.717) is 29.9 Å². The van der Waals surface area contributed by atoms with Gasteiger partial charge in [-0.2, -0.15) is 0 Å². The van der Waals surface area contributed by atoms with Gasteiger partial charge in [0.05, 0.1) is 18.2 Å². The SMILES string of the molecule is CCCCOc1cccc(C(O)=C2C(=O)C(=O)N(CCc3ccccc3)C2c2cccc(O)c2)c1. The molecule has 0 bridgehead atoms. The van der Waals surface area contributed by atoms with Gasteiger partial charge >= 0.3 is 0 Å². The Morgan fingerprint density at radius 1 is 0.971 bits per heavy atom. The number of hydrogen-bond donors (Lipinski definition) is 2. The van der Waals surface area contributed by atoms with Crippen molar-refractivity contribution < 1.29 is 24.5 Å². The summed E-state index contributed by atoms with van der Waals surface area (Å²) in [6.45, 7) is 2.91. The van der Waals surface area contributed by atoms with Gasteiger partial charge in [-0.3, -0.25) is 9.59 Å². The number of rotatable bonds is 9. The fourth-order valence-corrected chi connectivity index (χ4v) is 4.27. The number of benzene rings is 3. The summed E-state index contributed by atoms with van der Waals surface area (Å²) in [5.74, 6) is -1.09. The van der Waals surface area contributed by atoms with Crippen LogP contribution in [0, 0.1) is 0 Å². The van der Waals surface area contributed by atoms with Crippen LogP contribution in [0.4, 0.5) is 0 Å². The number of unbranched alkanes of at least 4 members (excludes halogenated alkanes) is 1. The molecular weight excluding hydrogens is 442 g/mol. The van der Waals surface area contributed by atoms with E-state index in [2.05, 4.69) is 6.92 Å². The normalized spacial score (nSPS) is 17.1. The van der Waals surface area contributed by atoms with Gasteiger partial charge in [0.25, 0.3) is 11.7 Å². The molecule has 0 aromatic heterocycles. The molecule has 1 unspecified atom stereocenters. The van der Waals surface area contributed by atoms with E-state index < -0.39 is 17.7 Å². The summed E-state index contributed by atoms with van der Waals surface area (Å²) >= 11 is 0. The van der Waals surface area contributed by atoms with Crippen molar-refractivity contribution in [2.75, 3.05) is 13.2 Å². The zero-order valence-corrected chi connectivity index (χ0v) is 19.7. The van der Waals surface area contributed by atoms with Crippen molar-refractivity contribution in [2.24, 2.45) is 0 Å². The van der Waals surface area contributed by atoms with Crippen LogP contribution in [0.15, 0.2) is 84.4 Å². The highest BCUT2D eigenvalue weighted by Gasteiger charge is 2.45.